The minimum atomic E-state index is -3.66. The number of carbonyl (C=O) groups excluding carboxylic acids is 2. The highest BCUT2D eigenvalue weighted by molar-refractivity contribution is 7.92. The van der Waals surface area contributed by atoms with E-state index in [1.165, 1.54) is 4.31 Å². The number of hydrogen-bond acceptors (Lipinski definition) is 5. The zero-order valence-corrected chi connectivity index (χ0v) is 18.9. The van der Waals surface area contributed by atoms with E-state index in [0.29, 0.717) is 63.4 Å². The summed E-state index contributed by atoms with van der Waals surface area (Å²) in [5.74, 6) is -0.112. The summed E-state index contributed by atoms with van der Waals surface area (Å²) >= 11 is 0. The Hall–Kier alpha value is -3.07. The Morgan fingerprint density at radius 3 is 2.31 bits per heavy atom. The Kier molecular flexibility index (Phi) is 6.36. The van der Waals surface area contributed by atoms with Crippen LogP contribution in [0.2, 0.25) is 0 Å². The van der Waals surface area contributed by atoms with Gasteiger partial charge >= 0.3 is 6.09 Å². The molecular formula is C23H27N3O5S. The van der Waals surface area contributed by atoms with Gasteiger partial charge in [-0.05, 0) is 55.7 Å². The van der Waals surface area contributed by atoms with Gasteiger partial charge in [-0.15, -0.1) is 0 Å². The Morgan fingerprint density at radius 1 is 0.938 bits per heavy atom. The Bertz CT molecular complexity index is 1100. The normalized spacial score (nSPS) is 16.5. The van der Waals surface area contributed by atoms with Gasteiger partial charge in [0.25, 0.3) is 15.9 Å². The van der Waals surface area contributed by atoms with Crippen LogP contribution in [0.4, 0.5) is 10.5 Å². The van der Waals surface area contributed by atoms with Crippen LogP contribution in [0.5, 0.6) is 0 Å². The molecule has 1 fully saturated rings. The van der Waals surface area contributed by atoms with Gasteiger partial charge < -0.3 is 14.5 Å². The van der Waals surface area contributed by atoms with E-state index in [1.54, 1.807) is 59.2 Å². The van der Waals surface area contributed by atoms with Crippen molar-refractivity contribution in [3.63, 3.8) is 0 Å². The molecule has 170 valence electrons. The minimum Gasteiger partial charge on any atom is -0.450 e. The van der Waals surface area contributed by atoms with Crippen molar-refractivity contribution in [1.82, 2.24) is 9.80 Å². The third kappa shape index (κ3) is 4.29. The number of aryl methyl sites for hydroxylation is 1. The van der Waals surface area contributed by atoms with Crippen molar-refractivity contribution >= 4 is 27.7 Å². The van der Waals surface area contributed by atoms with E-state index >= 15 is 0 Å². The fraction of sp³-hybridized carbons (Fsp3) is 0.391. The first-order chi connectivity index (χ1) is 15.4. The number of hydrogen-bond donors (Lipinski definition) is 0. The summed E-state index contributed by atoms with van der Waals surface area (Å²) in [5.41, 5.74) is 2.02. The molecular weight excluding hydrogens is 430 g/mol. The standard InChI is InChI=1S/C23H27N3O5S/c1-2-31-23(28)25-15-13-24(14-16-25)22(27)19-10-11-21-18(17-19)7-6-12-26(21)32(29,30)20-8-4-3-5-9-20/h3-5,8-11,17H,2,6-7,12-16H2,1H3. The molecule has 2 aromatic carbocycles. The van der Waals surface area contributed by atoms with Crippen molar-refractivity contribution in [2.75, 3.05) is 43.6 Å². The molecule has 0 unspecified atom stereocenters. The lowest BCUT2D eigenvalue weighted by molar-refractivity contribution is 0.0570. The van der Waals surface area contributed by atoms with Gasteiger partial charge in [-0.3, -0.25) is 9.10 Å². The summed E-state index contributed by atoms with van der Waals surface area (Å²) in [4.78, 5) is 28.5. The molecule has 2 heterocycles. The lowest BCUT2D eigenvalue weighted by Gasteiger charge is -2.34. The van der Waals surface area contributed by atoms with E-state index in [-0.39, 0.29) is 16.9 Å². The Labute approximate surface area is 188 Å². The molecule has 32 heavy (non-hydrogen) atoms. The molecule has 0 saturated carbocycles. The van der Waals surface area contributed by atoms with Crippen molar-refractivity contribution in [2.45, 2.75) is 24.7 Å². The van der Waals surface area contributed by atoms with E-state index in [9.17, 15) is 18.0 Å². The second kappa shape index (κ2) is 9.20. The fourth-order valence-electron chi connectivity index (χ4n) is 4.15. The van der Waals surface area contributed by atoms with Crippen LogP contribution < -0.4 is 4.31 Å². The number of nitrogens with zero attached hydrogens (tertiary/aromatic N) is 3. The molecule has 0 bridgehead atoms. The largest absolute Gasteiger partial charge is 0.450 e. The minimum absolute atomic E-state index is 0.112. The molecule has 0 radical (unpaired) electrons. The van der Waals surface area contributed by atoms with Gasteiger partial charge in [-0.1, -0.05) is 18.2 Å². The summed E-state index contributed by atoms with van der Waals surface area (Å²) in [5, 5.41) is 0. The highest BCUT2D eigenvalue weighted by atomic mass is 32.2. The fourth-order valence-corrected chi connectivity index (χ4v) is 5.72. The second-order valence-electron chi connectivity index (χ2n) is 7.82. The number of rotatable bonds is 4. The maximum atomic E-state index is 13.2. The first kappa shape index (κ1) is 22.1. The van der Waals surface area contributed by atoms with Crippen molar-refractivity contribution in [3.8, 4) is 0 Å². The number of carbonyl (C=O) groups is 2. The predicted molar refractivity (Wildman–Crippen MR) is 120 cm³/mol. The van der Waals surface area contributed by atoms with E-state index in [0.717, 1.165) is 5.56 Å². The zero-order valence-electron chi connectivity index (χ0n) is 18.1. The number of fused-ring (bicyclic) bond motifs is 1. The van der Waals surface area contributed by atoms with Crippen LogP contribution in [0.3, 0.4) is 0 Å². The van der Waals surface area contributed by atoms with Crippen molar-refractivity contribution in [2.24, 2.45) is 0 Å². The van der Waals surface area contributed by atoms with E-state index in [4.69, 9.17) is 4.74 Å². The number of ether oxygens (including phenoxy) is 1. The first-order valence-electron chi connectivity index (χ1n) is 10.8. The molecule has 0 atom stereocenters. The zero-order chi connectivity index (χ0) is 22.7. The highest BCUT2D eigenvalue weighted by Crippen LogP contribution is 2.33. The molecule has 0 spiro atoms. The van der Waals surface area contributed by atoms with Crippen LogP contribution in [0.1, 0.15) is 29.3 Å². The summed E-state index contributed by atoms with van der Waals surface area (Å²) in [6.45, 7) is 4.22. The highest BCUT2D eigenvalue weighted by Gasteiger charge is 2.30. The van der Waals surface area contributed by atoms with E-state index < -0.39 is 10.0 Å². The molecule has 2 aliphatic rings. The average Bonchev–Trinajstić information content (AvgIpc) is 2.83. The third-order valence-electron chi connectivity index (χ3n) is 5.83. The second-order valence-corrected chi connectivity index (χ2v) is 9.68. The SMILES string of the molecule is CCOC(=O)N1CCN(C(=O)c2ccc3c(c2)CCCN3S(=O)(=O)c2ccccc2)CC1. The molecule has 0 N–H and O–H groups in total. The van der Waals surface area contributed by atoms with Crippen LogP contribution in [-0.4, -0.2) is 69.5 Å². The van der Waals surface area contributed by atoms with Crippen molar-refractivity contribution in [3.05, 3.63) is 59.7 Å². The Morgan fingerprint density at radius 2 is 1.62 bits per heavy atom. The van der Waals surface area contributed by atoms with Crippen molar-refractivity contribution < 1.29 is 22.7 Å². The quantitative estimate of drug-likeness (QED) is 0.705. The van der Waals surface area contributed by atoms with Crippen LogP contribution in [0.15, 0.2) is 53.4 Å². The van der Waals surface area contributed by atoms with Crippen molar-refractivity contribution in [1.29, 1.82) is 0 Å². The number of anilines is 1. The number of benzene rings is 2. The number of piperazine rings is 1. The topological polar surface area (TPSA) is 87.2 Å². The molecule has 2 amide bonds. The van der Waals surface area contributed by atoms with Gasteiger partial charge in [0, 0.05) is 38.3 Å². The molecule has 9 heteroatoms. The van der Waals surface area contributed by atoms with Gasteiger partial charge in [-0.2, -0.15) is 0 Å². The molecule has 1 saturated heterocycles. The van der Waals surface area contributed by atoms with Gasteiger partial charge in [0.05, 0.1) is 17.2 Å². The van der Waals surface area contributed by atoms with Crippen LogP contribution >= 0.6 is 0 Å². The van der Waals surface area contributed by atoms with Crippen LogP contribution in [0, 0.1) is 0 Å². The molecule has 0 aromatic heterocycles. The molecule has 0 aliphatic carbocycles. The lowest BCUT2D eigenvalue weighted by atomic mass is 10.00. The number of sulfonamides is 1. The maximum Gasteiger partial charge on any atom is 0.409 e. The first-order valence-corrected chi connectivity index (χ1v) is 12.3. The summed E-state index contributed by atoms with van der Waals surface area (Å²) in [7, 11) is -3.66. The monoisotopic (exact) mass is 457 g/mol. The van der Waals surface area contributed by atoms with Gasteiger partial charge in [0.2, 0.25) is 0 Å². The lowest BCUT2D eigenvalue weighted by Crippen LogP contribution is -2.50. The Balaban J connectivity index is 1.51. The molecule has 2 aliphatic heterocycles. The number of amides is 2. The van der Waals surface area contributed by atoms with Gasteiger partial charge in [0.1, 0.15) is 0 Å². The predicted octanol–water partition coefficient (Wildman–Crippen LogP) is 2.74. The summed E-state index contributed by atoms with van der Waals surface area (Å²) < 4.78 is 32.8. The summed E-state index contributed by atoms with van der Waals surface area (Å²) in [6.07, 6.45) is 1.05. The smallest absolute Gasteiger partial charge is 0.409 e. The molecule has 4 rings (SSSR count). The maximum absolute atomic E-state index is 13.2. The van der Waals surface area contributed by atoms with E-state index in [2.05, 4.69) is 0 Å². The van der Waals surface area contributed by atoms with Crippen LogP contribution in [-0.2, 0) is 21.2 Å². The summed E-state index contributed by atoms with van der Waals surface area (Å²) in [6, 6.07) is 13.6. The van der Waals surface area contributed by atoms with Gasteiger partial charge in [-0.25, -0.2) is 13.2 Å². The average molecular weight is 458 g/mol. The molecule has 8 nitrogen and oxygen atoms in total. The van der Waals surface area contributed by atoms with E-state index in [1.807, 2.05) is 6.07 Å². The molecule has 2 aromatic rings. The van der Waals surface area contributed by atoms with Crippen LogP contribution in [0.25, 0.3) is 0 Å². The third-order valence-corrected chi connectivity index (χ3v) is 7.65. The van der Waals surface area contributed by atoms with Gasteiger partial charge in [0.15, 0.2) is 0 Å².